The summed E-state index contributed by atoms with van der Waals surface area (Å²) in [5, 5.41) is 18.0. The lowest BCUT2D eigenvalue weighted by Gasteiger charge is -2.07. The van der Waals surface area contributed by atoms with E-state index in [4.69, 9.17) is 39.1 Å². The summed E-state index contributed by atoms with van der Waals surface area (Å²) in [5.41, 5.74) is 4.86. The smallest absolute Gasteiger partial charge is 0.312 e. The van der Waals surface area contributed by atoms with E-state index in [0.29, 0.717) is 0 Å². The van der Waals surface area contributed by atoms with Crippen molar-refractivity contribution in [1.82, 2.24) is 0 Å². The molecule has 1 aromatic rings. The van der Waals surface area contributed by atoms with Crippen molar-refractivity contribution in [3.8, 4) is 5.75 Å². The number of amidine groups is 1. The Balaban J connectivity index is 2.92. The van der Waals surface area contributed by atoms with Crippen molar-refractivity contribution in [2.75, 3.05) is 6.61 Å². The predicted molar refractivity (Wildman–Crippen MR) is 65.1 cm³/mol. The van der Waals surface area contributed by atoms with Crippen molar-refractivity contribution >= 4 is 34.7 Å². The zero-order chi connectivity index (χ0) is 13.0. The first kappa shape index (κ1) is 13.5. The number of nitrogens with zero attached hydrogens (tertiary/aromatic N) is 1. The third-order valence-electron chi connectivity index (χ3n) is 1.83. The molecule has 0 amide bonds. The van der Waals surface area contributed by atoms with Crippen LogP contribution >= 0.6 is 23.2 Å². The second kappa shape index (κ2) is 5.70. The minimum atomic E-state index is -0.620. The quantitative estimate of drug-likeness (QED) is 0.374. The van der Waals surface area contributed by atoms with E-state index >= 15 is 0 Å². The Hall–Kier alpha value is -1.53. The average Bonchev–Trinajstić information content (AvgIpc) is 2.22. The zero-order valence-electron chi connectivity index (χ0n) is 8.57. The summed E-state index contributed by atoms with van der Waals surface area (Å²) in [6, 6.07) is 2.38. The van der Waals surface area contributed by atoms with Gasteiger partial charge >= 0.3 is 5.69 Å². The molecular formula is C9H9Cl2N3O3. The fourth-order valence-corrected chi connectivity index (χ4v) is 1.36. The molecule has 17 heavy (non-hydrogen) atoms. The third kappa shape index (κ3) is 3.76. The van der Waals surface area contributed by atoms with Crippen molar-refractivity contribution in [2.24, 2.45) is 5.73 Å². The van der Waals surface area contributed by atoms with Gasteiger partial charge in [0, 0.05) is 18.6 Å². The molecule has 1 aromatic carbocycles. The van der Waals surface area contributed by atoms with E-state index in [2.05, 4.69) is 0 Å². The molecule has 0 aliphatic rings. The normalized spacial score (nSPS) is 10.0. The minimum Gasteiger partial charge on any atom is -0.486 e. The van der Waals surface area contributed by atoms with Crippen LogP contribution in [0.1, 0.15) is 6.42 Å². The highest BCUT2D eigenvalue weighted by atomic mass is 35.5. The van der Waals surface area contributed by atoms with Crippen LogP contribution in [0.2, 0.25) is 10.0 Å². The Kier molecular flexibility index (Phi) is 4.53. The average molecular weight is 278 g/mol. The number of nitrogens with one attached hydrogen (secondary N) is 1. The van der Waals surface area contributed by atoms with Gasteiger partial charge < -0.3 is 10.5 Å². The molecule has 0 heterocycles. The van der Waals surface area contributed by atoms with Crippen molar-refractivity contribution in [3.63, 3.8) is 0 Å². The summed E-state index contributed by atoms with van der Waals surface area (Å²) in [6.07, 6.45) is 0.178. The Morgan fingerprint density at radius 1 is 1.47 bits per heavy atom. The maximum atomic E-state index is 10.7. The molecule has 92 valence electrons. The van der Waals surface area contributed by atoms with Gasteiger partial charge in [0.25, 0.3) is 0 Å². The molecule has 0 saturated heterocycles. The maximum Gasteiger partial charge on any atom is 0.312 e. The third-order valence-corrected chi connectivity index (χ3v) is 2.55. The highest BCUT2D eigenvalue weighted by molar-refractivity contribution is 6.42. The summed E-state index contributed by atoms with van der Waals surface area (Å²) in [7, 11) is 0. The molecule has 0 atom stereocenters. The van der Waals surface area contributed by atoms with Crippen LogP contribution < -0.4 is 10.5 Å². The van der Waals surface area contributed by atoms with E-state index < -0.39 is 4.92 Å². The van der Waals surface area contributed by atoms with Gasteiger partial charge in [0.2, 0.25) is 0 Å². The van der Waals surface area contributed by atoms with Crippen molar-refractivity contribution in [2.45, 2.75) is 6.42 Å². The van der Waals surface area contributed by atoms with Crippen LogP contribution in [0.25, 0.3) is 0 Å². The fraction of sp³-hybridized carbons (Fsp3) is 0.222. The van der Waals surface area contributed by atoms with E-state index in [9.17, 15) is 10.1 Å². The van der Waals surface area contributed by atoms with Crippen LogP contribution in [0.3, 0.4) is 0 Å². The predicted octanol–water partition coefficient (Wildman–Crippen LogP) is 2.61. The Labute approximate surface area is 107 Å². The number of benzene rings is 1. The van der Waals surface area contributed by atoms with Gasteiger partial charge in [-0.2, -0.15) is 0 Å². The zero-order valence-corrected chi connectivity index (χ0v) is 10.1. The van der Waals surface area contributed by atoms with Crippen LogP contribution in [0.4, 0.5) is 5.69 Å². The number of rotatable bonds is 5. The SMILES string of the molecule is N=C(N)CCOc1cc(Cl)c(Cl)cc1[N+](=O)[O-]. The number of nitro benzene ring substituents is 1. The Bertz CT molecular complexity index is 465. The number of hydrogen-bond donors (Lipinski definition) is 2. The summed E-state index contributed by atoms with van der Waals surface area (Å²) in [5.74, 6) is -0.0571. The molecule has 0 bridgehead atoms. The fourth-order valence-electron chi connectivity index (χ4n) is 1.05. The molecule has 0 aliphatic carbocycles. The second-order valence-electron chi connectivity index (χ2n) is 3.11. The van der Waals surface area contributed by atoms with E-state index in [1.54, 1.807) is 0 Å². The van der Waals surface area contributed by atoms with E-state index in [1.165, 1.54) is 6.07 Å². The molecule has 0 aromatic heterocycles. The monoisotopic (exact) mass is 277 g/mol. The molecule has 8 heteroatoms. The molecule has 0 aliphatic heterocycles. The van der Waals surface area contributed by atoms with E-state index in [0.717, 1.165) is 6.07 Å². The summed E-state index contributed by atoms with van der Waals surface area (Å²) in [4.78, 5) is 10.1. The van der Waals surface area contributed by atoms with Crippen molar-refractivity contribution in [1.29, 1.82) is 5.41 Å². The van der Waals surface area contributed by atoms with Gasteiger partial charge in [0.1, 0.15) is 0 Å². The van der Waals surface area contributed by atoms with Gasteiger partial charge in [-0.25, -0.2) is 0 Å². The molecule has 0 spiro atoms. The highest BCUT2D eigenvalue weighted by Gasteiger charge is 2.18. The van der Waals surface area contributed by atoms with Crippen LogP contribution in [-0.2, 0) is 0 Å². The first-order valence-electron chi connectivity index (χ1n) is 4.51. The number of hydrogen-bond acceptors (Lipinski definition) is 4. The summed E-state index contributed by atoms with van der Waals surface area (Å²) < 4.78 is 5.14. The number of nitro groups is 1. The lowest BCUT2D eigenvalue weighted by Crippen LogP contribution is -2.14. The Morgan fingerprint density at radius 3 is 2.59 bits per heavy atom. The van der Waals surface area contributed by atoms with Crippen LogP contribution in [-0.4, -0.2) is 17.4 Å². The van der Waals surface area contributed by atoms with Crippen molar-refractivity contribution < 1.29 is 9.66 Å². The highest BCUT2D eigenvalue weighted by Crippen LogP contribution is 2.35. The summed E-state index contributed by atoms with van der Waals surface area (Å²) in [6.45, 7) is 0.0636. The molecule has 0 unspecified atom stereocenters. The first-order valence-corrected chi connectivity index (χ1v) is 5.26. The minimum absolute atomic E-state index is 0.00523. The molecule has 3 N–H and O–H groups in total. The van der Waals surface area contributed by atoms with Gasteiger partial charge in [0.05, 0.1) is 27.4 Å². The lowest BCUT2D eigenvalue weighted by atomic mass is 10.3. The summed E-state index contributed by atoms with van der Waals surface area (Å²) >= 11 is 11.4. The largest absolute Gasteiger partial charge is 0.486 e. The van der Waals surface area contributed by atoms with Gasteiger partial charge in [0.15, 0.2) is 5.75 Å². The number of nitrogens with two attached hydrogens (primary N) is 1. The number of ether oxygens (including phenoxy) is 1. The molecule has 0 fully saturated rings. The first-order chi connectivity index (χ1) is 7.91. The molecular weight excluding hydrogens is 269 g/mol. The van der Waals surface area contributed by atoms with E-state index in [1.807, 2.05) is 0 Å². The van der Waals surface area contributed by atoms with Crippen LogP contribution in [0, 0.1) is 15.5 Å². The van der Waals surface area contributed by atoms with E-state index in [-0.39, 0.29) is 40.3 Å². The molecule has 6 nitrogen and oxygen atoms in total. The van der Waals surface area contributed by atoms with Crippen LogP contribution in [0.5, 0.6) is 5.75 Å². The number of halogens is 2. The standard InChI is InChI=1S/C9H9Cl2N3O3/c10-5-3-7(14(15)16)8(4-6(5)11)17-2-1-9(12)13/h3-4H,1-2H2,(H3,12,13). The van der Waals surface area contributed by atoms with Gasteiger partial charge in [-0.15, -0.1) is 0 Å². The van der Waals surface area contributed by atoms with Crippen LogP contribution in [0.15, 0.2) is 12.1 Å². The lowest BCUT2D eigenvalue weighted by molar-refractivity contribution is -0.385. The van der Waals surface area contributed by atoms with Gasteiger partial charge in [-0.05, 0) is 0 Å². The molecule has 1 rings (SSSR count). The second-order valence-corrected chi connectivity index (χ2v) is 3.93. The topological polar surface area (TPSA) is 102 Å². The van der Waals surface area contributed by atoms with Gasteiger partial charge in [-0.1, -0.05) is 23.2 Å². The molecule has 0 radical (unpaired) electrons. The molecule has 0 saturated carbocycles. The Morgan fingerprint density at radius 2 is 2.06 bits per heavy atom. The van der Waals surface area contributed by atoms with Crippen molar-refractivity contribution in [3.05, 3.63) is 32.3 Å². The maximum absolute atomic E-state index is 10.7. The van der Waals surface area contributed by atoms with Gasteiger partial charge in [-0.3, -0.25) is 15.5 Å².